The summed E-state index contributed by atoms with van der Waals surface area (Å²) in [5, 5.41) is 11.1. The Labute approximate surface area is 89.7 Å². The highest BCUT2D eigenvalue weighted by Gasteiger charge is 2.44. The Hall–Kier alpha value is -0.530. The standard InChI is InChI=1S/C12H15ClO/c1-8-3-4-11(13)10(7-8)12(14)6-5-9(12)2/h3-4,7,9,14H,5-6H2,1-2H3. The maximum Gasteiger partial charge on any atom is 0.0936 e. The van der Waals surface area contributed by atoms with Gasteiger partial charge in [-0.2, -0.15) is 0 Å². The number of benzene rings is 1. The molecule has 0 radical (unpaired) electrons. The monoisotopic (exact) mass is 210 g/mol. The summed E-state index contributed by atoms with van der Waals surface area (Å²) in [4.78, 5) is 0. The number of hydrogen-bond donors (Lipinski definition) is 1. The average Bonchev–Trinajstić information content (AvgIpc) is 2.18. The van der Waals surface area contributed by atoms with E-state index in [1.165, 1.54) is 0 Å². The van der Waals surface area contributed by atoms with Crippen LogP contribution < -0.4 is 0 Å². The van der Waals surface area contributed by atoms with Crippen LogP contribution in [0.1, 0.15) is 30.9 Å². The summed E-state index contributed by atoms with van der Waals surface area (Å²) in [6.07, 6.45) is 1.91. The van der Waals surface area contributed by atoms with E-state index in [-0.39, 0.29) is 0 Å². The maximum absolute atomic E-state index is 10.4. The summed E-state index contributed by atoms with van der Waals surface area (Å²) >= 11 is 6.10. The van der Waals surface area contributed by atoms with Crippen molar-refractivity contribution in [1.29, 1.82) is 0 Å². The van der Waals surface area contributed by atoms with Gasteiger partial charge in [0, 0.05) is 10.6 Å². The molecule has 2 unspecified atom stereocenters. The summed E-state index contributed by atoms with van der Waals surface area (Å²) in [6.45, 7) is 4.09. The Morgan fingerprint density at radius 2 is 2.21 bits per heavy atom. The van der Waals surface area contributed by atoms with Gasteiger partial charge in [0.2, 0.25) is 0 Å². The summed E-state index contributed by atoms with van der Waals surface area (Å²) < 4.78 is 0. The van der Waals surface area contributed by atoms with Gasteiger partial charge < -0.3 is 5.11 Å². The Morgan fingerprint density at radius 3 is 2.71 bits per heavy atom. The van der Waals surface area contributed by atoms with Crippen LogP contribution in [-0.2, 0) is 5.60 Å². The van der Waals surface area contributed by atoms with E-state index < -0.39 is 5.60 Å². The lowest BCUT2D eigenvalue weighted by Crippen LogP contribution is -2.42. The molecular weight excluding hydrogens is 196 g/mol. The maximum atomic E-state index is 10.4. The van der Waals surface area contributed by atoms with Gasteiger partial charge in [0.05, 0.1) is 5.60 Å². The minimum atomic E-state index is -0.677. The van der Waals surface area contributed by atoms with Crippen LogP contribution in [0.4, 0.5) is 0 Å². The van der Waals surface area contributed by atoms with Gasteiger partial charge in [0.1, 0.15) is 0 Å². The van der Waals surface area contributed by atoms with E-state index in [1.54, 1.807) is 0 Å². The van der Waals surface area contributed by atoms with Crippen LogP contribution >= 0.6 is 11.6 Å². The first kappa shape index (κ1) is 10.0. The van der Waals surface area contributed by atoms with E-state index in [9.17, 15) is 5.11 Å². The van der Waals surface area contributed by atoms with Crippen LogP contribution in [0.3, 0.4) is 0 Å². The second kappa shape index (κ2) is 3.25. The molecular formula is C12H15ClO. The van der Waals surface area contributed by atoms with Crippen molar-refractivity contribution < 1.29 is 5.11 Å². The molecule has 14 heavy (non-hydrogen) atoms. The Morgan fingerprint density at radius 1 is 1.50 bits per heavy atom. The van der Waals surface area contributed by atoms with Crippen molar-refractivity contribution in [3.63, 3.8) is 0 Å². The zero-order chi connectivity index (χ0) is 10.3. The quantitative estimate of drug-likeness (QED) is 0.755. The Balaban J connectivity index is 2.45. The lowest BCUT2D eigenvalue weighted by Gasteiger charge is -2.44. The second-order valence-corrected chi connectivity index (χ2v) is 4.75. The predicted octanol–water partition coefficient (Wildman–Crippen LogP) is 3.27. The summed E-state index contributed by atoms with van der Waals surface area (Å²) in [5.74, 6) is 0.321. The molecule has 0 amide bonds. The minimum absolute atomic E-state index is 0.321. The fraction of sp³-hybridized carbons (Fsp3) is 0.500. The van der Waals surface area contributed by atoms with Crippen LogP contribution in [0, 0.1) is 12.8 Å². The molecule has 1 N–H and O–H groups in total. The largest absolute Gasteiger partial charge is 0.385 e. The first-order chi connectivity index (χ1) is 6.54. The molecule has 2 atom stereocenters. The summed E-state index contributed by atoms with van der Waals surface area (Å²) in [6, 6.07) is 5.84. The normalized spacial score (nSPS) is 31.3. The highest BCUT2D eigenvalue weighted by molar-refractivity contribution is 6.31. The fourth-order valence-electron chi connectivity index (χ4n) is 2.08. The van der Waals surface area contributed by atoms with Gasteiger partial charge in [-0.25, -0.2) is 0 Å². The SMILES string of the molecule is Cc1ccc(Cl)c(C2(O)CCC2C)c1. The number of aryl methyl sites for hydroxylation is 1. The number of halogens is 1. The van der Waals surface area contributed by atoms with Crippen LogP contribution in [0.2, 0.25) is 5.02 Å². The van der Waals surface area contributed by atoms with Crippen LogP contribution in [-0.4, -0.2) is 5.11 Å². The number of aliphatic hydroxyl groups is 1. The van der Waals surface area contributed by atoms with Gasteiger partial charge in [-0.1, -0.05) is 36.2 Å². The van der Waals surface area contributed by atoms with Crippen LogP contribution in [0.15, 0.2) is 18.2 Å². The van der Waals surface area contributed by atoms with E-state index in [4.69, 9.17) is 11.6 Å². The van der Waals surface area contributed by atoms with Gasteiger partial charge >= 0.3 is 0 Å². The zero-order valence-electron chi connectivity index (χ0n) is 8.55. The Kier molecular flexibility index (Phi) is 2.32. The minimum Gasteiger partial charge on any atom is -0.385 e. The third-order valence-electron chi connectivity index (χ3n) is 3.36. The third-order valence-corrected chi connectivity index (χ3v) is 3.69. The zero-order valence-corrected chi connectivity index (χ0v) is 9.30. The van der Waals surface area contributed by atoms with Crippen molar-refractivity contribution in [1.82, 2.24) is 0 Å². The smallest absolute Gasteiger partial charge is 0.0936 e. The van der Waals surface area contributed by atoms with Gasteiger partial charge in [0.15, 0.2) is 0 Å². The first-order valence-corrected chi connectivity index (χ1v) is 5.41. The molecule has 2 rings (SSSR count). The van der Waals surface area contributed by atoms with E-state index >= 15 is 0 Å². The molecule has 1 aromatic carbocycles. The molecule has 0 saturated heterocycles. The van der Waals surface area contributed by atoms with E-state index in [0.717, 1.165) is 24.0 Å². The molecule has 1 fully saturated rings. The second-order valence-electron chi connectivity index (χ2n) is 4.35. The predicted molar refractivity (Wildman–Crippen MR) is 58.5 cm³/mol. The van der Waals surface area contributed by atoms with E-state index in [1.807, 2.05) is 25.1 Å². The molecule has 0 aliphatic heterocycles. The average molecular weight is 211 g/mol. The molecule has 76 valence electrons. The fourth-order valence-corrected chi connectivity index (χ4v) is 2.36. The highest BCUT2D eigenvalue weighted by atomic mass is 35.5. The van der Waals surface area contributed by atoms with Crippen LogP contribution in [0.5, 0.6) is 0 Å². The molecule has 1 aliphatic carbocycles. The van der Waals surface area contributed by atoms with Crippen molar-refractivity contribution in [2.75, 3.05) is 0 Å². The highest BCUT2D eigenvalue weighted by Crippen LogP contribution is 2.48. The molecule has 1 nitrogen and oxygen atoms in total. The summed E-state index contributed by atoms with van der Waals surface area (Å²) in [7, 11) is 0. The van der Waals surface area contributed by atoms with Crippen molar-refractivity contribution in [3.8, 4) is 0 Å². The lowest BCUT2D eigenvalue weighted by atomic mass is 9.66. The van der Waals surface area contributed by atoms with Crippen LogP contribution in [0.25, 0.3) is 0 Å². The van der Waals surface area contributed by atoms with Gasteiger partial charge in [-0.3, -0.25) is 0 Å². The number of rotatable bonds is 1. The van der Waals surface area contributed by atoms with Gasteiger partial charge in [0.25, 0.3) is 0 Å². The molecule has 1 saturated carbocycles. The number of hydrogen-bond acceptors (Lipinski definition) is 1. The molecule has 1 aliphatic rings. The van der Waals surface area contributed by atoms with Crippen molar-refractivity contribution >= 4 is 11.6 Å². The molecule has 0 heterocycles. The van der Waals surface area contributed by atoms with E-state index in [0.29, 0.717) is 10.9 Å². The molecule has 2 heteroatoms. The van der Waals surface area contributed by atoms with E-state index in [2.05, 4.69) is 6.92 Å². The first-order valence-electron chi connectivity index (χ1n) is 5.03. The molecule has 1 aromatic rings. The van der Waals surface area contributed by atoms with Gasteiger partial charge in [-0.05, 0) is 31.7 Å². The van der Waals surface area contributed by atoms with Crippen molar-refractivity contribution in [3.05, 3.63) is 34.3 Å². The lowest BCUT2D eigenvalue weighted by molar-refractivity contribution is -0.0930. The van der Waals surface area contributed by atoms with Crippen molar-refractivity contribution in [2.45, 2.75) is 32.3 Å². The molecule has 0 bridgehead atoms. The summed E-state index contributed by atoms with van der Waals surface area (Å²) in [5.41, 5.74) is 1.37. The van der Waals surface area contributed by atoms with Gasteiger partial charge in [-0.15, -0.1) is 0 Å². The topological polar surface area (TPSA) is 20.2 Å². The Bertz CT molecular complexity index is 361. The molecule has 0 aromatic heterocycles. The molecule has 0 spiro atoms. The third kappa shape index (κ3) is 1.35. The van der Waals surface area contributed by atoms with Crippen molar-refractivity contribution in [2.24, 2.45) is 5.92 Å².